The SMILES string of the molecule is [B]c1cc2c(c3ccccc13)-c1ccccc1C21c2ccccc2-c2ccc(-c3ccccc3)cc21. The highest BCUT2D eigenvalue weighted by atomic mass is 14.5. The van der Waals surface area contributed by atoms with Crippen LogP contribution in [0.3, 0.4) is 0 Å². The third kappa shape index (κ3) is 2.35. The molecule has 0 fully saturated rings. The van der Waals surface area contributed by atoms with Gasteiger partial charge < -0.3 is 0 Å². The normalized spacial score (nSPS) is 16.6. The largest absolute Gasteiger partial charge is 0.114 e. The summed E-state index contributed by atoms with van der Waals surface area (Å²) in [5.74, 6) is 0. The molecule has 2 aliphatic carbocycles. The van der Waals surface area contributed by atoms with E-state index in [0.29, 0.717) is 0 Å². The third-order valence-corrected chi connectivity index (χ3v) is 8.23. The van der Waals surface area contributed by atoms with Crippen molar-refractivity contribution in [3.05, 3.63) is 150 Å². The minimum atomic E-state index is -0.402. The summed E-state index contributed by atoms with van der Waals surface area (Å²) in [5.41, 5.74) is 13.4. The topological polar surface area (TPSA) is 0 Å². The summed E-state index contributed by atoms with van der Waals surface area (Å²) in [7, 11) is 6.78. The molecule has 0 saturated carbocycles. The Morgan fingerprint density at radius 3 is 1.83 bits per heavy atom. The van der Waals surface area contributed by atoms with Gasteiger partial charge in [-0.05, 0) is 72.5 Å². The van der Waals surface area contributed by atoms with Crippen molar-refractivity contribution in [1.29, 1.82) is 0 Å². The van der Waals surface area contributed by atoms with Crippen LogP contribution in [0.25, 0.3) is 44.2 Å². The van der Waals surface area contributed by atoms with Gasteiger partial charge >= 0.3 is 0 Å². The maximum Gasteiger partial charge on any atom is 0.114 e. The van der Waals surface area contributed by atoms with E-state index in [4.69, 9.17) is 7.85 Å². The van der Waals surface area contributed by atoms with Gasteiger partial charge in [0, 0.05) is 0 Å². The summed E-state index contributed by atoms with van der Waals surface area (Å²) in [6, 6.07) is 46.4. The molecule has 0 saturated heterocycles. The molecule has 1 unspecified atom stereocenters. The Morgan fingerprint density at radius 1 is 0.417 bits per heavy atom. The van der Waals surface area contributed by atoms with Gasteiger partial charge in [0.2, 0.25) is 0 Å². The van der Waals surface area contributed by atoms with E-state index in [1.165, 1.54) is 61.0 Å². The van der Waals surface area contributed by atoms with Crippen molar-refractivity contribution in [2.24, 2.45) is 0 Å². The molecule has 36 heavy (non-hydrogen) atoms. The zero-order valence-corrected chi connectivity index (χ0v) is 19.7. The van der Waals surface area contributed by atoms with Crippen LogP contribution in [0.4, 0.5) is 0 Å². The van der Waals surface area contributed by atoms with Crippen LogP contribution in [0, 0.1) is 0 Å². The summed E-state index contributed by atoms with van der Waals surface area (Å²) in [6.45, 7) is 0. The summed E-state index contributed by atoms with van der Waals surface area (Å²) >= 11 is 0. The first-order valence-corrected chi connectivity index (χ1v) is 12.5. The van der Waals surface area contributed by atoms with Crippen LogP contribution in [0.5, 0.6) is 0 Å². The Morgan fingerprint density at radius 2 is 1.03 bits per heavy atom. The average Bonchev–Trinajstić information content (AvgIpc) is 3.40. The second kappa shape index (κ2) is 7.09. The van der Waals surface area contributed by atoms with Gasteiger partial charge in [0.25, 0.3) is 0 Å². The molecular weight excluding hydrogens is 431 g/mol. The molecule has 1 heteroatoms. The maximum atomic E-state index is 6.78. The van der Waals surface area contributed by atoms with E-state index in [1.807, 2.05) is 0 Å². The molecule has 0 amide bonds. The number of rotatable bonds is 1. The molecule has 8 rings (SSSR count). The fourth-order valence-corrected chi connectivity index (χ4v) is 6.83. The van der Waals surface area contributed by atoms with E-state index < -0.39 is 5.41 Å². The van der Waals surface area contributed by atoms with Crippen molar-refractivity contribution in [2.45, 2.75) is 5.41 Å². The van der Waals surface area contributed by atoms with E-state index in [1.54, 1.807) is 0 Å². The summed E-state index contributed by atoms with van der Waals surface area (Å²) in [6.07, 6.45) is 0. The molecule has 6 aromatic rings. The molecule has 2 aliphatic rings. The van der Waals surface area contributed by atoms with Gasteiger partial charge in [-0.2, -0.15) is 0 Å². The predicted molar refractivity (Wildman–Crippen MR) is 151 cm³/mol. The zero-order valence-electron chi connectivity index (χ0n) is 19.7. The first kappa shape index (κ1) is 19.9. The van der Waals surface area contributed by atoms with Crippen molar-refractivity contribution in [2.75, 3.05) is 0 Å². The van der Waals surface area contributed by atoms with Crippen molar-refractivity contribution < 1.29 is 0 Å². The molecular formula is C35H21B. The summed E-state index contributed by atoms with van der Waals surface area (Å²) in [4.78, 5) is 0. The molecule has 1 atom stereocenters. The van der Waals surface area contributed by atoms with Crippen molar-refractivity contribution in [1.82, 2.24) is 0 Å². The van der Waals surface area contributed by atoms with E-state index in [-0.39, 0.29) is 0 Å². The lowest BCUT2D eigenvalue weighted by atomic mass is 9.69. The van der Waals surface area contributed by atoms with Gasteiger partial charge in [-0.25, -0.2) is 0 Å². The smallest absolute Gasteiger partial charge is 0.0886 e. The predicted octanol–water partition coefficient (Wildman–Crippen LogP) is 7.64. The number of hydrogen-bond donors (Lipinski definition) is 0. The minimum absolute atomic E-state index is 0.402. The van der Waals surface area contributed by atoms with E-state index in [0.717, 1.165) is 10.8 Å². The van der Waals surface area contributed by atoms with Crippen LogP contribution < -0.4 is 5.46 Å². The fraction of sp³-hybridized carbons (Fsp3) is 0.0286. The summed E-state index contributed by atoms with van der Waals surface area (Å²) < 4.78 is 0. The van der Waals surface area contributed by atoms with Crippen LogP contribution in [-0.4, -0.2) is 7.85 Å². The Hall–Kier alpha value is -4.36. The van der Waals surface area contributed by atoms with Crippen LogP contribution in [0.15, 0.2) is 127 Å². The number of hydrogen-bond acceptors (Lipinski definition) is 0. The van der Waals surface area contributed by atoms with Crippen LogP contribution >= 0.6 is 0 Å². The Balaban J connectivity index is 1.57. The molecule has 2 radical (unpaired) electrons. The van der Waals surface area contributed by atoms with Crippen LogP contribution in [-0.2, 0) is 5.41 Å². The van der Waals surface area contributed by atoms with Gasteiger partial charge in [-0.1, -0.05) is 127 Å². The standard InChI is InChI=1S/C35H21B/c36-33-21-32-34(27-14-5-4-13-26(27)33)28-15-7-9-17-30(28)35(32)29-16-8-6-12-24(29)25-19-18-23(20-31(25)35)22-10-2-1-3-11-22/h1-21H. The Labute approximate surface area is 212 Å². The van der Waals surface area contributed by atoms with Gasteiger partial charge in [0.15, 0.2) is 0 Å². The average molecular weight is 452 g/mol. The first-order valence-electron chi connectivity index (χ1n) is 12.5. The van der Waals surface area contributed by atoms with Crippen molar-refractivity contribution in [3.63, 3.8) is 0 Å². The maximum absolute atomic E-state index is 6.78. The lowest BCUT2D eigenvalue weighted by molar-refractivity contribution is 0.795. The van der Waals surface area contributed by atoms with Gasteiger partial charge in [-0.3, -0.25) is 0 Å². The highest BCUT2D eigenvalue weighted by Gasteiger charge is 2.52. The molecule has 0 N–H and O–H groups in total. The zero-order chi connectivity index (χ0) is 23.9. The lowest BCUT2D eigenvalue weighted by Crippen LogP contribution is -2.27. The first-order chi connectivity index (χ1) is 17.8. The molecule has 0 aliphatic heterocycles. The second-order valence-electron chi connectivity index (χ2n) is 9.90. The van der Waals surface area contributed by atoms with Gasteiger partial charge in [-0.15, -0.1) is 0 Å². The highest BCUT2D eigenvalue weighted by Crippen LogP contribution is 2.63. The van der Waals surface area contributed by atoms with E-state index in [9.17, 15) is 0 Å². The van der Waals surface area contributed by atoms with Crippen LogP contribution in [0.1, 0.15) is 22.3 Å². The fourth-order valence-electron chi connectivity index (χ4n) is 6.83. The molecule has 1 spiro atoms. The van der Waals surface area contributed by atoms with Crippen molar-refractivity contribution in [3.8, 4) is 33.4 Å². The van der Waals surface area contributed by atoms with Gasteiger partial charge in [0.05, 0.1) is 5.41 Å². The Bertz CT molecular complexity index is 1850. The van der Waals surface area contributed by atoms with E-state index in [2.05, 4.69) is 127 Å². The monoisotopic (exact) mass is 452 g/mol. The van der Waals surface area contributed by atoms with E-state index >= 15 is 0 Å². The molecule has 0 heterocycles. The lowest BCUT2D eigenvalue weighted by Gasteiger charge is -2.31. The molecule has 0 aromatic heterocycles. The van der Waals surface area contributed by atoms with Crippen LogP contribution in [0.2, 0.25) is 0 Å². The molecule has 0 bridgehead atoms. The molecule has 6 aromatic carbocycles. The molecule has 164 valence electrons. The number of benzene rings is 6. The minimum Gasteiger partial charge on any atom is -0.0886 e. The second-order valence-corrected chi connectivity index (χ2v) is 9.90. The number of fused-ring (bicyclic) bond motifs is 12. The quantitative estimate of drug-likeness (QED) is 0.225. The molecule has 0 nitrogen and oxygen atoms in total. The van der Waals surface area contributed by atoms with Crippen molar-refractivity contribution >= 4 is 24.1 Å². The van der Waals surface area contributed by atoms with Gasteiger partial charge in [0.1, 0.15) is 7.85 Å². The summed E-state index contributed by atoms with van der Waals surface area (Å²) in [5, 5.41) is 2.34. The Kier molecular flexibility index (Phi) is 3.92. The third-order valence-electron chi connectivity index (χ3n) is 8.23. The highest BCUT2D eigenvalue weighted by molar-refractivity contribution is 6.40.